The quantitative estimate of drug-likeness (QED) is 0.824. The minimum Gasteiger partial charge on any atom is -0.495 e. The summed E-state index contributed by atoms with van der Waals surface area (Å²) in [6.45, 7) is 3.38. The van der Waals surface area contributed by atoms with Crippen LogP contribution >= 0.6 is 0 Å². The Hall–Kier alpha value is -2.34. The molecule has 2 aromatic rings. The molecule has 0 aliphatic heterocycles. The number of nitrogens with one attached hydrogen (secondary N) is 1. The summed E-state index contributed by atoms with van der Waals surface area (Å²) in [6, 6.07) is 11.4. The van der Waals surface area contributed by atoms with Gasteiger partial charge in [0.05, 0.1) is 7.11 Å². The van der Waals surface area contributed by atoms with Gasteiger partial charge in [-0.2, -0.15) is 0 Å². The molecular formula is C17H19NO4S. The van der Waals surface area contributed by atoms with Crippen LogP contribution in [-0.4, -0.2) is 21.3 Å². The predicted octanol–water partition coefficient (Wildman–Crippen LogP) is 3.26. The molecular weight excluding hydrogens is 314 g/mol. The van der Waals surface area contributed by atoms with E-state index >= 15 is 0 Å². The highest BCUT2D eigenvalue weighted by atomic mass is 32.2. The van der Waals surface area contributed by atoms with Gasteiger partial charge in [-0.1, -0.05) is 25.1 Å². The monoisotopic (exact) mass is 333 g/mol. The van der Waals surface area contributed by atoms with Crippen molar-refractivity contribution in [3.8, 4) is 5.75 Å². The van der Waals surface area contributed by atoms with E-state index in [0.29, 0.717) is 17.7 Å². The zero-order valence-corrected chi connectivity index (χ0v) is 14.1. The third-order valence-electron chi connectivity index (χ3n) is 3.45. The van der Waals surface area contributed by atoms with E-state index in [1.807, 2.05) is 13.0 Å². The molecule has 5 nitrogen and oxygen atoms in total. The summed E-state index contributed by atoms with van der Waals surface area (Å²) in [5, 5.41) is 0. The van der Waals surface area contributed by atoms with Crippen LogP contribution in [0.3, 0.4) is 0 Å². The van der Waals surface area contributed by atoms with Gasteiger partial charge in [0.2, 0.25) is 0 Å². The van der Waals surface area contributed by atoms with Crippen molar-refractivity contribution in [1.82, 2.24) is 0 Å². The maximum atomic E-state index is 12.7. The van der Waals surface area contributed by atoms with Crippen LogP contribution in [0.1, 0.15) is 29.8 Å². The van der Waals surface area contributed by atoms with Gasteiger partial charge in [0, 0.05) is 11.3 Å². The van der Waals surface area contributed by atoms with Gasteiger partial charge in [-0.15, -0.1) is 0 Å². The van der Waals surface area contributed by atoms with Gasteiger partial charge >= 0.3 is 0 Å². The average Bonchev–Trinajstić information content (AvgIpc) is 2.54. The van der Waals surface area contributed by atoms with Gasteiger partial charge in [0.25, 0.3) is 10.0 Å². The molecule has 23 heavy (non-hydrogen) atoms. The van der Waals surface area contributed by atoms with Crippen molar-refractivity contribution in [3.63, 3.8) is 0 Å². The lowest BCUT2D eigenvalue weighted by Gasteiger charge is -2.13. The highest BCUT2D eigenvalue weighted by Gasteiger charge is 2.20. The molecule has 0 spiro atoms. The molecule has 0 fully saturated rings. The van der Waals surface area contributed by atoms with E-state index in [4.69, 9.17) is 4.74 Å². The highest BCUT2D eigenvalue weighted by molar-refractivity contribution is 7.92. The van der Waals surface area contributed by atoms with Crippen molar-refractivity contribution in [2.24, 2.45) is 0 Å². The van der Waals surface area contributed by atoms with Gasteiger partial charge in [0.1, 0.15) is 10.6 Å². The first kappa shape index (κ1) is 17.0. The molecule has 2 rings (SSSR count). The fraction of sp³-hybridized carbons (Fsp3) is 0.235. The average molecular weight is 333 g/mol. The van der Waals surface area contributed by atoms with E-state index in [2.05, 4.69) is 4.72 Å². The van der Waals surface area contributed by atoms with Crippen molar-refractivity contribution >= 4 is 21.5 Å². The summed E-state index contributed by atoms with van der Waals surface area (Å²) in [6.07, 6.45) is 0.715. The molecule has 2 aromatic carbocycles. The van der Waals surface area contributed by atoms with Gasteiger partial charge in [-0.3, -0.25) is 9.52 Å². The fourth-order valence-electron chi connectivity index (χ4n) is 2.16. The number of anilines is 1. The zero-order chi connectivity index (χ0) is 17.0. The minimum absolute atomic E-state index is 0.0765. The number of ether oxygens (including phenoxy) is 1. The molecule has 0 radical (unpaired) electrons. The molecule has 1 N–H and O–H groups in total. The number of hydrogen-bond acceptors (Lipinski definition) is 4. The summed E-state index contributed by atoms with van der Waals surface area (Å²) in [5.41, 5.74) is 1.67. The smallest absolute Gasteiger partial charge is 0.265 e. The Morgan fingerprint density at radius 2 is 1.91 bits per heavy atom. The molecule has 0 amide bonds. The number of carbonyl (C=O) groups excluding carboxylic acids is 1. The van der Waals surface area contributed by atoms with Crippen LogP contribution in [0.15, 0.2) is 47.4 Å². The van der Waals surface area contributed by atoms with Crippen LogP contribution in [-0.2, 0) is 16.4 Å². The third-order valence-corrected chi connectivity index (χ3v) is 4.85. The summed E-state index contributed by atoms with van der Waals surface area (Å²) in [7, 11) is -2.39. The summed E-state index contributed by atoms with van der Waals surface area (Å²) in [4.78, 5) is 11.5. The zero-order valence-electron chi connectivity index (χ0n) is 13.3. The number of benzene rings is 2. The second-order valence-electron chi connectivity index (χ2n) is 5.08. The van der Waals surface area contributed by atoms with Crippen molar-refractivity contribution in [1.29, 1.82) is 0 Å². The second kappa shape index (κ2) is 6.83. The highest BCUT2D eigenvalue weighted by Crippen LogP contribution is 2.27. The second-order valence-corrected chi connectivity index (χ2v) is 6.73. The van der Waals surface area contributed by atoms with Gasteiger partial charge < -0.3 is 4.74 Å². The molecule has 0 aliphatic rings. The Morgan fingerprint density at radius 3 is 2.52 bits per heavy atom. The maximum absolute atomic E-state index is 12.7. The number of Topliss-reactive ketones (excluding diaryl/α,β-unsaturated/α-hetero) is 1. The van der Waals surface area contributed by atoms with E-state index in [9.17, 15) is 13.2 Å². The Bertz CT molecular complexity index is 828. The number of methoxy groups -OCH3 is 1. The van der Waals surface area contributed by atoms with Crippen LogP contribution in [0.25, 0.3) is 0 Å². The Balaban J connectivity index is 2.43. The van der Waals surface area contributed by atoms with Gasteiger partial charge in [-0.05, 0) is 43.2 Å². The van der Waals surface area contributed by atoms with Crippen molar-refractivity contribution in [2.75, 3.05) is 11.8 Å². The Kier molecular flexibility index (Phi) is 5.05. The van der Waals surface area contributed by atoms with E-state index in [1.165, 1.54) is 20.1 Å². The summed E-state index contributed by atoms with van der Waals surface area (Å²) >= 11 is 0. The third kappa shape index (κ3) is 3.90. The van der Waals surface area contributed by atoms with E-state index in [0.717, 1.165) is 5.56 Å². The van der Waals surface area contributed by atoms with Gasteiger partial charge in [0.15, 0.2) is 5.78 Å². The molecule has 0 unspecified atom stereocenters. The maximum Gasteiger partial charge on any atom is 0.265 e. The molecule has 0 atom stereocenters. The number of hydrogen-bond donors (Lipinski definition) is 1. The number of sulfonamides is 1. The van der Waals surface area contributed by atoms with Crippen LogP contribution in [0.4, 0.5) is 5.69 Å². The van der Waals surface area contributed by atoms with E-state index in [1.54, 1.807) is 30.3 Å². The number of ketones is 1. The van der Waals surface area contributed by atoms with Crippen LogP contribution in [0.5, 0.6) is 5.75 Å². The lowest BCUT2D eigenvalue weighted by molar-refractivity contribution is 0.101. The van der Waals surface area contributed by atoms with Gasteiger partial charge in [-0.25, -0.2) is 8.42 Å². The van der Waals surface area contributed by atoms with Crippen molar-refractivity contribution in [3.05, 3.63) is 53.6 Å². The Labute approximate surface area is 136 Å². The molecule has 0 bridgehead atoms. The van der Waals surface area contributed by atoms with E-state index in [-0.39, 0.29) is 16.4 Å². The molecule has 0 aliphatic carbocycles. The lowest BCUT2D eigenvalue weighted by atomic mass is 10.1. The topological polar surface area (TPSA) is 72.5 Å². The largest absolute Gasteiger partial charge is 0.495 e. The lowest BCUT2D eigenvalue weighted by Crippen LogP contribution is -2.14. The molecule has 0 aromatic heterocycles. The molecule has 0 heterocycles. The number of aryl methyl sites for hydroxylation is 1. The normalized spacial score (nSPS) is 11.1. The van der Waals surface area contributed by atoms with Crippen LogP contribution in [0, 0.1) is 0 Å². The SMILES string of the molecule is CCc1ccc(OC)c(S(=O)(=O)Nc2cccc(C(C)=O)c2)c1. The first-order valence-electron chi connectivity index (χ1n) is 7.18. The van der Waals surface area contributed by atoms with Crippen LogP contribution < -0.4 is 9.46 Å². The van der Waals surface area contributed by atoms with Crippen LogP contribution in [0.2, 0.25) is 0 Å². The Morgan fingerprint density at radius 1 is 1.17 bits per heavy atom. The number of rotatable bonds is 6. The minimum atomic E-state index is -3.82. The standard InChI is InChI=1S/C17H19NO4S/c1-4-13-8-9-16(22-3)17(10-13)23(20,21)18-15-7-5-6-14(11-15)12(2)19/h5-11,18H,4H2,1-3H3. The summed E-state index contributed by atoms with van der Waals surface area (Å²) in [5.74, 6) is 0.147. The van der Waals surface area contributed by atoms with E-state index < -0.39 is 10.0 Å². The summed E-state index contributed by atoms with van der Waals surface area (Å²) < 4.78 is 33.0. The molecule has 6 heteroatoms. The predicted molar refractivity (Wildman–Crippen MR) is 89.6 cm³/mol. The molecule has 0 saturated heterocycles. The van der Waals surface area contributed by atoms with Crippen molar-refractivity contribution in [2.45, 2.75) is 25.2 Å². The van der Waals surface area contributed by atoms with Crippen molar-refractivity contribution < 1.29 is 17.9 Å². The first-order valence-corrected chi connectivity index (χ1v) is 8.66. The number of carbonyl (C=O) groups is 1. The molecule has 0 saturated carbocycles. The molecule has 122 valence electrons. The first-order chi connectivity index (χ1) is 10.9. The fourth-order valence-corrected chi connectivity index (χ4v) is 3.43.